The first kappa shape index (κ1) is 32.8. The monoisotopic (exact) mass is 725 g/mol. The van der Waals surface area contributed by atoms with Gasteiger partial charge in [-0.3, -0.25) is 4.57 Å². The Morgan fingerprint density at radius 1 is 0.298 bits per heavy atom. The Bertz CT molecular complexity index is 3240. The number of aromatic nitrogens is 3. The maximum absolute atomic E-state index is 5.64. The highest BCUT2D eigenvalue weighted by atomic mass is 15.1. The topological polar surface area (TPSA) is 30.7 Å². The van der Waals surface area contributed by atoms with Crippen LogP contribution >= 0.6 is 0 Å². The van der Waals surface area contributed by atoms with Crippen molar-refractivity contribution in [2.45, 2.75) is 0 Å². The largest absolute Gasteiger partial charge is 0.292 e. The second-order valence-electron chi connectivity index (χ2n) is 14.6. The average Bonchev–Trinajstić information content (AvgIpc) is 3.61. The molecule has 0 bridgehead atoms. The van der Waals surface area contributed by atoms with Gasteiger partial charge in [0.05, 0.1) is 22.1 Å². The molecule has 2 heterocycles. The van der Waals surface area contributed by atoms with Crippen LogP contribution in [0.5, 0.6) is 0 Å². The Labute approximate surface area is 330 Å². The fourth-order valence-electron chi connectivity index (χ4n) is 8.35. The highest BCUT2D eigenvalue weighted by Crippen LogP contribution is 2.40. The van der Waals surface area contributed by atoms with E-state index >= 15 is 0 Å². The molecular weight excluding hydrogens is 691 g/mol. The molecule has 0 fully saturated rings. The lowest BCUT2D eigenvalue weighted by Gasteiger charge is -2.17. The van der Waals surface area contributed by atoms with E-state index in [2.05, 4.69) is 217 Å². The number of benzene rings is 9. The first-order valence-electron chi connectivity index (χ1n) is 19.4. The third kappa shape index (κ3) is 5.76. The molecule has 0 aliphatic heterocycles. The molecular formula is C54H35N3. The number of rotatable bonds is 6. The fraction of sp³-hybridized carbons (Fsp3) is 0. The molecule has 0 atom stereocenters. The molecule has 0 saturated heterocycles. The van der Waals surface area contributed by atoms with E-state index in [1.807, 2.05) is 0 Å². The van der Waals surface area contributed by atoms with E-state index in [-0.39, 0.29) is 0 Å². The Morgan fingerprint density at radius 3 is 1.35 bits per heavy atom. The number of para-hydroxylation sites is 1. The van der Waals surface area contributed by atoms with E-state index < -0.39 is 0 Å². The van der Waals surface area contributed by atoms with Gasteiger partial charge in [-0.05, 0) is 85.6 Å². The standard InChI is InChI=1S/C54H35N3/c1-4-14-36(15-5-1)38-24-28-41(29-25-38)47-35-50-49(34-46(47)40-18-8-3-9-19-40)55-53(42-30-26-39(27-31-42)37-16-6-2-7-17-37)54(56-50)57-51-23-13-12-22-45(51)48-32-43-20-10-11-21-44(43)33-52(48)57/h1-35H. The maximum atomic E-state index is 5.64. The van der Waals surface area contributed by atoms with Crippen LogP contribution in [0.1, 0.15) is 0 Å². The van der Waals surface area contributed by atoms with Crippen LogP contribution in [0.4, 0.5) is 0 Å². The van der Waals surface area contributed by atoms with Gasteiger partial charge in [-0.15, -0.1) is 0 Å². The van der Waals surface area contributed by atoms with Crippen LogP contribution in [0, 0.1) is 0 Å². The predicted octanol–water partition coefficient (Wildman–Crippen LogP) is 14.2. The Hall–Kier alpha value is -7.62. The van der Waals surface area contributed by atoms with Crippen LogP contribution in [0.15, 0.2) is 212 Å². The zero-order valence-electron chi connectivity index (χ0n) is 31.0. The summed E-state index contributed by atoms with van der Waals surface area (Å²) in [5, 5.41) is 4.77. The van der Waals surface area contributed by atoms with E-state index in [0.717, 1.165) is 67.0 Å². The van der Waals surface area contributed by atoms with Gasteiger partial charge >= 0.3 is 0 Å². The summed E-state index contributed by atoms with van der Waals surface area (Å²) < 4.78 is 2.32. The molecule has 11 rings (SSSR count). The lowest BCUT2D eigenvalue weighted by atomic mass is 9.92. The molecule has 0 N–H and O–H groups in total. The van der Waals surface area contributed by atoms with Crippen LogP contribution in [0.3, 0.4) is 0 Å². The van der Waals surface area contributed by atoms with Gasteiger partial charge in [0, 0.05) is 16.3 Å². The summed E-state index contributed by atoms with van der Waals surface area (Å²) in [6.07, 6.45) is 0. The summed E-state index contributed by atoms with van der Waals surface area (Å²) in [7, 11) is 0. The normalized spacial score (nSPS) is 11.5. The van der Waals surface area contributed by atoms with Crippen molar-refractivity contribution in [1.29, 1.82) is 0 Å². The third-order valence-electron chi connectivity index (χ3n) is 11.2. The van der Waals surface area contributed by atoms with Gasteiger partial charge in [0.15, 0.2) is 5.82 Å². The molecule has 57 heavy (non-hydrogen) atoms. The Balaban J connectivity index is 1.19. The van der Waals surface area contributed by atoms with Gasteiger partial charge < -0.3 is 0 Å². The fourth-order valence-corrected chi connectivity index (χ4v) is 8.35. The lowest BCUT2D eigenvalue weighted by molar-refractivity contribution is 1.08. The molecule has 3 nitrogen and oxygen atoms in total. The minimum absolute atomic E-state index is 0.800. The maximum Gasteiger partial charge on any atom is 0.165 e. The van der Waals surface area contributed by atoms with Crippen molar-refractivity contribution in [2.75, 3.05) is 0 Å². The smallest absolute Gasteiger partial charge is 0.165 e. The molecule has 0 aliphatic carbocycles. The van der Waals surface area contributed by atoms with Crippen molar-refractivity contribution in [1.82, 2.24) is 14.5 Å². The highest BCUT2D eigenvalue weighted by molar-refractivity contribution is 6.14. The van der Waals surface area contributed by atoms with Crippen molar-refractivity contribution in [3.8, 4) is 61.6 Å². The summed E-state index contributed by atoms with van der Waals surface area (Å²) in [6, 6.07) is 75.6. The van der Waals surface area contributed by atoms with Crippen molar-refractivity contribution < 1.29 is 0 Å². The highest BCUT2D eigenvalue weighted by Gasteiger charge is 2.21. The van der Waals surface area contributed by atoms with E-state index in [1.54, 1.807) is 0 Å². The first-order valence-corrected chi connectivity index (χ1v) is 19.4. The van der Waals surface area contributed by atoms with E-state index in [4.69, 9.17) is 9.97 Å². The zero-order valence-corrected chi connectivity index (χ0v) is 31.0. The quantitative estimate of drug-likeness (QED) is 0.171. The number of fused-ring (bicyclic) bond motifs is 5. The molecule has 11 aromatic rings. The first-order chi connectivity index (χ1) is 28.2. The summed E-state index contributed by atoms with van der Waals surface area (Å²) in [5.74, 6) is 0.800. The van der Waals surface area contributed by atoms with Crippen LogP contribution in [-0.4, -0.2) is 14.5 Å². The molecule has 266 valence electrons. The number of hydrogen-bond acceptors (Lipinski definition) is 2. The zero-order chi connectivity index (χ0) is 37.7. The van der Waals surface area contributed by atoms with Gasteiger partial charge in [-0.1, -0.05) is 182 Å². The van der Waals surface area contributed by atoms with Gasteiger partial charge in [-0.25, -0.2) is 9.97 Å². The van der Waals surface area contributed by atoms with Gasteiger partial charge in [0.25, 0.3) is 0 Å². The molecule has 0 unspecified atom stereocenters. The predicted molar refractivity (Wildman–Crippen MR) is 239 cm³/mol. The number of nitrogens with zero attached hydrogens (tertiary/aromatic N) is 3. The molecule has 3 heteroatoms. The minimum atomic E-state index is 0.800. The van der Waals surface area contributed by atoms with E-state index in [1.165, 1.54) is 38.2 Å². The summed E-state index contributed by atoms with van der Waals surface area (Å²) in [4.78, 5) is 11.2. The number of hydrogen-bond donors (Lipinski definition) is 0. The summed E-state index contributed by atoms with van der Waals surface area (Å²) >= 11 is 0. The van der Waals surface area contributed by atoms with Gasteiger partial charge in [0.2, 0.25) is 0 Å². The Morgan fingerprint density at radius 2 is 0.737 bits per heavy atom. The lowest BCUT2D eigenvalue weighted by Crippen LogP contribution is -2.04. The molecule has 0 radical (unpaired) electrons. The summed E-state index contributed by atoms with van der Waals surface area (Å²) in [6.45, 7) is 0. The average molecular weight is 726 g/mol. The van der Waals surface area contributed by atoms with Crippen molar-refractivity contribution in [3.05, 3.63) is 212 Å². The molecule has 0 spiro atoms. The van der Waals surface area contributed by atoms with Crippen LogP contribution in [0.25, 0.3) is 105 Å². The second-order valence-corrected chi connectivity index (χ2v) is 14.6. The summed E-state index contributed by atoms with van der Waals surface area (Å²) in [5.41, 5.74) is 14.9. The molecule has 0 saturated carbocycles. The minimum Gasteiger partial charge on any atom is -0.292 e. The second kappa shape index (κ2) is 13.6. The third-order valence-corrected chi connectivity index (χ3v) is 11.2. The van der Waals surface area contributed by atoms with Crippen molar-refractivity contribution >= 4 is 43.6 Å². The molecule has 9 aromatic carbocycles. The Kier molecular flexibility index (Phi) is 7.82. The van der Waals surface area contributed by atoms with Crippen LogP contribution in [0.2, 0.25) is 0 Å². The van der Waals surface area contributed by atoms with Crippen molar-refractivity contribution in [2.24, 2.45) is 0 Å². The van der Waals surface area contributed by atoms with Crippen LogP contribution < -0.4 is 0 Å². The van der Waals surface area contributed by atoms with Gasteiger partial charge in [0.1, 0.15) is 5.69 Å². The van der Waals surface area contributed by atoms with E-state index in [9.17, 15) is 0 Å². The molecule has 2 aromatic heterocycles. The van der Waals surface area contributed by atoms with E-state index in [0.29, 0.717) is 0 Å². The molecule has 0 aliphatic rings. The molecule has 0 amide bonds. The van der Waals surface area contributed by atoms with Gasteiger partial charge in [-0.2, -0.15) is 0 Å². The van der Waals surface area contributed by atoms with Crippen LogP contribution in [-0.2, 0) is 0 Å². The van der Waals surface area contributed by atoms with Crippen molar-refractivity contribution in [3.63, 3.8) is 0 Å². The SMILES string of the molecule is c1ccc(-c2ccc(-c3cc4nc(-n5c6ccccc6c6cc7ccccc7cc65)c(-c5ccc(-c6ccccc6)cc5)nc4cc3-c3ccccc3)cc2)cc1.